The maximum Gasteiger partial charge on any atom is 0.271 e. The predicted octanol–water partition coefficient (Wildman–Crippen LogP) is 5.39. The molecule has 2 heterocycles. The summed E-state index contributed by atoms with van der Waals surface area (Å²) in [5.41, 5.74) is 2.13. The van der Waals surface area contributed by atoms with E-state index < -0.39 is 11.8 Å². The van der Waals surface area contributed by atoms with E-state index in [1.54, 1.807) is 37.3 Å². The zero-order chi connectivity index (χ0) is 22.0. The molecule has 0 unspecified atom stereocenters. The lowest BCUT2D eigenvalue weighted by atomic mass is 9.94. The van der Waals surface area contributed by atoms with Crippen LogP contribution in [0.25, 0.3) is 17.4 Å². The van der Waals surface area contributed by atoms with E-state index >= 15 is 0 Å². The molecule has 3 aromatic rings. The van der Waals surface area contributed by atoms with Gasteiger partial charge in [0.15, 0.2) is 0 Å². The number of benzene rings is 2. The Kier molecular flexibility index (Phi) is 5.57. The summed E-state index contributed by atoms with van der Waals surface area (Å²) in [4.78, 5) is 27.0. The number of carbonyl (C=O) groups excluding carboxylic acids is 2. The van der Waals surface area contributed by atoms with Gasteiger partial charge in [-0.3, -0.25) is 14.5 Å². The predicted molar refractivity (Wildman–Crippen MR) is 117 cm³/mol. The fourth-order valence-electron chi connectivity index (χ4n) is 3.41. The van der Waals surface area contributed by atoms with Crippen molar-refractivity contribution in [2.24, 2.45) is 0 Å². The molecule has 0 atom stereocenters. The van der Waals surface area contributed by atoms with Gasteiger partial charge in [-0.1, -0.05) is 54.1 Å². The Morgan fingerprint density at radius 1 is 1.03 bits per heavy atom. The van der Waals surface area contributed by atoms with E-state index in [2.05, 4.69) is 0 Å². The molecule has 1 aromatic heterocycles. The molecule has 2 aromatic carbocycles. The van der Waals surface area contributed by atoms with Crippen molar-refractivity contribution in [1.29, 1.82) is 5.26 Å². The molecular formula is C25H17ClN2O3. The minimum Gasteiger partial charge on any atom is -0.457 e. The number of carbonyl (C=O) groups is 2. The standard InChI is InChI=1S/C25H17ClN2O3/c1-16-21(13-20-10-11-23(31-20)18-8-5-9-19(26)12-18)24(29)28(25(30)22(16)14-27)15-17-6-3-2-4-7-17/h2-13H,15H2,1H3/b21-13+. The van der Waals surface area contributed by atoms with Gasteiger partial charge in [0, 0.05) is 16.2 Å². The molecule has 0 spiro atoms. The van der Waals surface area contributed by atoms with Crippen molar-refractivity contribution < 1.29 is 14.0 Å². The number of halogens is 1. The van der Waals surface area contributed by atoms with E-state index in [0.29, 0.717) is 22.1 Å². The van der Waals surface area contributed by atoms with Crippen LogP contribution in [-0.4, -0.2) is 16.7 Å². The maximum absolute atomic E-state index is 13.2. The molecule has 0 fully saturated rings. The van der Waals surface area contributed by atoms with Crippen molar-refractivity contribution in [2.75, 3.05) is 0 Å². The van der Waals surface area contributed by atoms with Crippen LogP contribution in [0.1, 0.15) is 18.2 Å². The Morgan fingerprint density at radius 2 is 1.81 bits per heavy atom. The van der Waals surface area contributed by atoms with Crippen molar-refractivity contribution in [3.8, 4) is 17.4 Å². The second-order valence-corrected chi connectivity index (χ2v) is 7.50. The lowest BCUT2D eigenvalue weighted by Crippen LogP contribution is -2.42. The van der Waals surface area contributed by atoms with Gasteiger partial charge in [0.2, 0.25) is 0 Å². The van der Waals surface area contributed by atoms with E-state index in [-0.39, 0.29) is 17.7 Å². The van der Waals surface area contributed by atoms with E-state index in [1.807, 2.05) is 48.5 Å². The topological polar surface area (TPSA) is 74.3 Å². The highest BCUT2D eigenvalue weighted by Gasteiger charge is 2.35. The van der Waals surface area contributed by atoms with Gasteiger partial charge < -0.3 is 4.42 Å². The molecule has 1 aliphatic heterocycles. The molecule has 0 radical (unpaired) electrons. The van der Waals surface area contributed by atoms with Gasteiger partial charge in [-0.15, -0.1) is 0 Å². The average molecular weight is 429 g/mol. The summed E-state index contributed by atoms with van der Waals surface area (Å²) in [7, 11) is 0. The molecule has 4 rings (SSSR count). The first-order valence-corrected chi connectivity index (χ1v) is 9.94. The SMILES string of the molecule is CC1=C(C#N)C(=O)N(Cc2ccccc2)C(=O)/C1=C/c1ccc(-c2cccc(Cl)c2)o1. The van der Waals surface area contributed by atoms with Gasteiger partial charge in [0.1, 0.15) is 23.2 Å². The zero-order valence-electron chi connectivity index (χ0n) is 16.6. The van der Waals surface area contributed by atoms with Crippen LogP contribution in [0.2, 0.25) is 5.02 Å². The Hall–Kier alpha value is -3.88. The quantitative estimate of drug-likeness (QED) is 0.412. The summed E-state index contributed by atoms with van der Waals surface area (Å²) in [6, 6.07) is 21.9. The maximum atomic E-state index is 13.2. The van der Waals surface area contributed by atoms with Crippen molar-refractivity contribution in [2.45, 2.75) is 13.5 Å². The van der Waals surface area contributed by atoms with Crippen molar-refractivity contribution in [1.82, 2.24) is 4.90 Å². The number of hydrogen-bond acceptors (Lipinski definition) is 4. The number of imide groups is 1. The first-order valence-electron chi connectivity index (χ1n) is 9.57. The molecule has 0 aliphatic carbocycles. The molecular weight excluding hydrogens is 412 g/mol. The minimum atomic E-state index is -0.593. The van der Waals surface area contributed by atoms with Crippen molar-refractivity contribution >= 4 is 29.5 Å². The second-order valence-electron chi connectivity index (χ2n) is 7.06. The van der Waals surface area contributed by atoms with Crippen LogP contribution < -0.4 is 0 Å². The summed E-state index contributed by atoms with van der Waals surface area (Å²) in [5.74, 6) is -0.0305. The van der Waals surface area contributed by atoms with Crippen molar-refractivity contribution in [3.63, 3.8) is 0 Å². The molecule has 6 heteroatoms. The zero-order valence-corrected chi connectivity index (χ0v) is 17.4. The first-order chi connectivity index (χ1) is 15.0. The summed E-state index contributed by atoms with van der Waals surface area (Å²) in [6.45, 7) is 1.68. The largest absolute Gasteiger partial charge is 0.457 e. The highest BCUT2D eigenvalue weighted by atomic mass is 35.5. The number of hydrogen-bond donors (Lipinski definition) is 0. The lowest BCUT2D eigenvalue weighted by Gasteiger charge is -2.27. The minimum absolute atomic E-state index is 0.0524. The second kappa shape index (κ2) is 8.47. The first kappa shape index (κ1) is 20.4. The van der Waals surface area contributed by atoms with Gasteiger partial charge in [0.05, 0.1) is 6.54 Å². The molecule has 2 amide bonds. The normalized spacial score (nSPS) is 15.5. The third kappa shape index (κ3) is 4.07. The van der Waals surface area contributed by atoms with Gasteiger partial charge in [-0.05, 0) is 48.4 Å². The van der Waals surface area contributed by atoms with Crippen LogP contribution in [0.4, 0.5) is 0 Å². The fourth-order valence-corrected chi connectivity index (χ4v) is 3.60. The number of nitrogens with zero attached hydrogens (tertiary/aromatic N) is 2. The molecule has 0 bridgehead atoms. The third-order valence-electron chi connectivity index (χ3n) is 5.03. The Balaban J connectivity index is 1.72. The summed E-state index contributed by atoms with van der Waals surface area (Å²) < 4.78 is 5.88. The number of furan rings is 1. The van der Waals surface area contributed by atoms with Crippen molar-refractivity contribution in [3.05, 3.63) is 99.8 Å². The smallest absolute Gasteiger partial charge is 0.271 e. The van der Waals surface area contributed by atoms with Gasteiger partial charge in [-0.2, -0.15) is 5.26 Å². The summed E-state index contributed by atoms with van der Waals surface area (Å²) in [5, 5.41) is 10.1. The number of rotatable bonds is 4. The molecule has 0 N–H and O–H groups in total. The molecule has 0 saturated heterocycles. The Bertz CT molecular complexity index is 1280. The highest BCUT2D eigenvalue weighted by molar-refractivity contribution is 6.30. The lowest BCUT2D eigenvalue weighted by molar-refractivity contribution is -0.141. The van der Waals surface area contributed by atoms with Crippen LogP contribution in [0, 0.1) is 11.3 Å². The van der Waals surface area contributed by atoms with E-state index in [4.69, 9.17) is 16.0 Å². The van der Waals surface area contributed by atoms with Crippen LogP contribution in [0.5, 0.6) is 0 Å². The third-order valence-corrected chi connectivity index (χ3v) is 5.27. The molecule has 0 saturated carbocycles. The van der Waals surface area contributed by atoms with Crippen LogP contribution in [0.3, 0.4) is 0 Å². The van der Waals surface area contributed by atoms with Crippen LogP contribution in [-0.2, 0) is 16.1 Å². The molecule has 31 heavy (non-hydrogen) atoms. The van der Waals surface area contributed by atoms with E-state index in [0.717, 1.165) is 16.0 Å². The van der Waals surface area contributed by atoms with Crippen LogP contribution >= 0.6 is 11.6 Å². The number of nitriles is 1. The van der Waals surface area contributed by atoms with Gasteiger partial charge in [0.25, 0.3) is 11.8 Å². The number of amides is 2. The summed E-state index contributed by atoms with van der Waals surface area (Å²) >= 11 is 6.05. The summed E-state index contributed by atoms with van der Waals surface area (Å²) in [6.07, 6.45) is 1.56. The monoisotopic (exact) mass is 428 g/mol. The van der Waals surface area contributed by atoms with E-state index in [1.165, 1.54) is 0 Å². The fraction of sp³-hybridized carbons (Fsp3) is 0.0800. The Labute approximate surface area is 184 Å². The Morgan fingerprint density at radius 3 is 2.52 bits per heavy atom. The molecule has 152 valence electrons. The molecule has 5 nitrogen and oxygen atoms in total. The van der Waals surface area contributed by atoms with E-state index in [9.17, 15) is 14.9 Å². The molecule has 1 aliphatic rings. The average Bonchev–Trinajstić information content (AvgIpc) is 3.24. The van der Waals surface area contributed by atoms with Gasteiger partial charge in [-0.25, -0.2) is 0 Å². The highest BCUT2D eigenvalue weighted by Crippen LogP contribution is 2.30. The van der Waals surface area contributed by atoms with Gasteiger partial charge >= 0.3 is 0 Å². The van der Waals surface area contributed by atoms with Crippen LogP contribution in [0.15, 0.2) is 87.9 Å².